The van der Waals surface area contributed by atoms with E-state index in [0.29, 0.717) is 6.42 Å². The maximum absolute atomic E-state index is 12.7. The number of carbonyl (C=O) groups is 1. The Bertz CT molecular complexity index is 734. The Hall–Kier alpha value is -1.59. The summed E-state index contributed by atoms with van der Waals surface area (Å²) in [6.07, 6.45) is -1.28. The average molecular weight is 512 g/mol. The van der Waals surface area contributed by atoms with Crippen LogP contribution in [0.5, 0.6) is 0 Å². The van der Waals surface area contributed by atoms with E-state index in [4.69, 9.17) is 9.47 Å². The molecule has 2 rings (SSSR count). The highest BCUT2D eigenvalue weighted by atomic mass is 16.7. The Morgan fingerprint density at radius 3 is 2.44 bits per heavy atom. The Morgan fingerprint density at radius 1 is 1.06 bits per heavy atom. The fourth-order valence-electron chi connectivity index (χ4n) is 4.44. The summed E-state index contributed by atoms with van der Waals surface area (Å²) in [5.41, 5.74) is 1.27. The van der Waals surface area contributed by atoms with Crippen molar-refractivity contribution in [2.24, 2.45) is 5.92 Å². The number of hydrogen-bond donors (Lipinski definition) is 6. The van der Waals surface area contributed by atoms with Gasteiger partial charge in [0.15, 0.2) is 6.29 Å². The van der Waals surface area contributed by atoms with Crippen LogP contribution >= 0.6 is 0 Å². The lowest BCUT2D eigenvalue weighted by Gasteiger charge is -2.40. The van der Waals surface area contributed by atoms with Crippen molar-refractivity contribution >= 4 is 5.91 Å². The van der Waals surface area contributed by atoms with Gasteiger partial charge in [0.05, 0.1) is 25.4 Å². The number of aliphatic hydroxyl groups excluding tert-OH is 5. The molecule has 1 saturated heterocycles. The van der Waals surface area contributed by atoms with Gasteiger partial charge in [0.1, 0.15) is 24.4 Å². The number of benzene rings is 1. The molecule has 1 aromatic rings. The minimum Gasteiger partial charge on any atom is -0.394 e. The zero-order valence-electron chi connectivity index (χ0n) is 21.5. The van der Waals surface area contributed by atoms with Gasteiger partial charge in [-0.05, 0) is 37.2 Å². The number of hydrogen-bond acceptors (Lipinski definition) is 8. The minimum atomic E-state index is -1.56. The van der Waals surface area contributed by atoms with E-state index in [1.165, 1.54) is 5.56 Å². The molecule has 206 valence electrons. The molecule has 1 amide bonds. The number of nitrogens with one attached hydrogen (secondary N) is 1. The summed E-state index contributed by atoms with van der Waals surface area (Å²) in [5.74, 6) is -0.293. The Labute approximate surface area is 214 Å². The van der Waals surface area contributed by atoms with E-state index < -0.39 is 49.5 Å². The van der Waals surface area contributed by atoms with Crippen LogP contribution < -0.4 is 5.32 Å². The quantitative estimate of drug-likeness (QED) is 0.182. The molecule has 1 aliphatic rings. The zero-order chi connectivity index (χ0) is 26.5. The molecular formula is C27H45NO8. The highest BCUT2D eigenvalue weighted by Gasteiger charge is 2.44. The normalized spacial score (nSPS) is 26.8. The molecule has 6 N–H and O–H groups in total. The summed E-state index contributed by atoms with van der Waals surface area (Å²) in [7, 11) is 0. The molecule has 1 aliphatic heterocycles. The van der Waals surface area contributed by atoms with Crippen LogP contribution in [-0.4, -0.2) is 87.5 Å². The summed E-state index contributed by atoms with van der Waals surface area (Å²) in [4.78, 5) is 12.7. The van der Waals surface area contributed by atoms with Gasteiger partial charge in [-0.1, -0.05) is 63.4 Å². The van der Waals surface area contributed by atoms with Crippen molar-refractivity contribution in [3.05, 3.63) is 35.9 Å². The van der Waals surface area contributed by atoms with Gasteiger partial charge in [-0.15, -0.1) is 0 Å². The van der Waals surface area contributed by atoms with E-state index in [2.05, 4.69) is 24.4 Å². The third-order valence-electron chi connectivity index (χ3n) is 6.86. The summed E-state index contributed by atoms with van der Waals surface area (Å²) in [6.45, 7) is 3.25. The van der Waals surface area contributed by atoms with Crippen molar-refractivity contribution in [3.8, 4) is 0 Å². The van der Waals surface area contributed by atoms with E-state index in [-0.39, 0.29) is 18.4 Å². The van der Waals surface area contributed by atoms with Gasteiger partial charge >= 0.3 is 0 Å². The second-order valence-electron chi connectivity index (χ2n) is 9.86. The molecule has 9 nitrogen and oxygen atoms in total. The molecule has 8 atom stereocenters. The molecule has 1 aromatic carbocycles. The molecule has 0 radical (unpaired) electrons. The first-order chi connectivity index (χ1) is 17.3. The standard InChI is InChI=1S/C27H45NO8/c1-3-4-11-18(2)23(31)20(17-35-27-26(34)25(33)24(32)21(16-29)36-27)28-22(30)15-10-6-9-14-19-12-7-5-8-13-19/h5,7-8,12-13,18,20-21,23-27,29,31-34H,3-4,6,9-11,14-17H2,1-2H3,(H,28,30)/t18-,20+,21?,23-,24+,25?,26?,27+/m1/s1. The van der Waals surface area contributed by atoms with Crippen molar-refractivity contribution in [2.75, 3.05) is 13.2 Å². The number of rotatable bonds is 16. The van der Waals surface area contributed by atoms with Gasteiger partial charge in [0, 0.05) is 6.42 Å². The maximum Gasteiger partial charge on any atom is 0.220 e. The highest BCUT2D eigenvalue weighted by Crippen LogP contribution is 2.23. The summed E-state index contributed by atoms with van der Waals surface area (Å²) in [5, 5.41) is 53.4. The van der Waals surface area contributed by atoms with Crippen LogP contribution in [0.1, 0.15) is 64.4 Å². The summed E-state index contributed by atoms with van der Waals surface area (Å²) >= 11 is 0. The molecule has 1 heterocycles. The number of ether oxygens (including phenoxy) is 2. The van der Waals surface area contributed by atoms with Crippen LogP contribution in [0.25, 0.3) is 0 Å². The second-order valence-corrected chi connectivity index (χ2v) is 9.86. The Balaban J connectivity index is 1.89. The first kappa shape index (κ1) is 30.6. The average Bonchev–Trinajstić information content (AvgIpc) is 2.89. The van der Waals surface area contributed by atoms with Crippen molar-refractivity contribution in [1.29, 1.82) is 0 Å². The van der Waals surface area contributed by atoms with Gasteiger partial charge in [-0.2, -0.15) is 0 Å². The summed E-state index contributed by atoms with van der Waals surface area (Å²) in [6, 6.07) is 9.45. The molecular weight excluding hydrogens is 466 g/mol. The van der Waals surface area contributed by atoms with Crippen LogP contribution in [0, 0.1) is 5.92 Å². The van der Waals surface area contributed by atoms with Crippen molar-refractivity contribution < 1.29 is 39.8 Å². The van der Waals surface area contributed by atoms with E-state index >= 15 is 0 Å². The van der Waals surface area contributed by atoms with Gasteiger partial charge in [0.25, 0.3) is 0 Å². The topological polar surface area (TPSA) is 149 Å². The van der Waals surface area contributed by atoms with Crippen molar-refractivity contribution in [3.63, 3.8) is 0 Å². The smallest absolute Gasteiger partial charge is 0.220 e. The molecule has 9 heteroatoms. The van der Waals surface area contributed by atoms with Crippen LogP contribution in [0.3, 0.4) is 0 Å². The third kappa shape index (κ3) is 9.70. The van der Waals surface area contributed by atoms with E-state index in [9.17, 15) is 30.3 Å². The molecule has 0 bridgehead atoms. The predicted molar refractivity (Wildman–Crippen MR) is 135 cm³/mol. The number of aliphatic hydroxyl groups is 5. The fraction of sp³-hybridized carbons (Fsp3) is 0.741. The van der Waals surface area contributed by atoms with Gasteiger partial charge in [0.2, 0.25) is 5.91 Å². The second kappa shape index (κ2) is 16.3. The van der Waals surface area contributed by atoms with Gasteiger partial charge in [-0.25, -0.2) is 0 Å². The molecule has 0 saturated carbocycles. The Morgan fingerprint density at radius 2 is 1.78 bits per heavy atom. The first-order valence-electron chi connectivity index (χ1n) is 13.2. The lowest BCUT2D eigenvalue weighted by atomic mass is 9.93. The highest BCUT2D eigenvalue weighted by molar-refractivity contribution is 5.76. The number of carbonyl (C=O) groups excluding carboxylic acids is 1. The molecule has 0 aromatic heterocycles. The third-order valence-corrected chi connectivity index (χ3v) is 6.86. The van der Waals surface area contributed by atoms with E-state index in [1.54, 1.807) is 0 Å². The largest absolute Gasteiger partial charge is 0.394 e. The lowest BCUT2D eigenvalue weighted by Crippen LogP contribution is -2.60. The minimum absolute atomic E-state index is 0.0977. The zero-order valence-corrected chi connectivity index (χ0v) is 21.5. The SMILES string of the molecule is CCCC[C@@H](C)[C@@H](O)[C@H](CO[C@H]1OC(CO)[C@H](O)C(O)C1O)NC(=O)CCCCCc1ccccc1. The lowest BCUT2D eigenvalue weighted by molar-refractivity contribution is -0.303. The Kier molecular flexibility index (Phi) is 13.9. The van der Waals surface area contributed by atoms with Crippen LogP contribution in [0.15, 0.2) is 30.3 Å². The number of aryl methyl sites for hydroxylation is 1. The summed E-state index contributed by atoms with van der Waals surface area (Å²) < 4.78 is 11.0. The van der Waals surface area contributed by atoms with E-state index in [0.717, 1.165) is 44.9 Å². The van der Waals surface area contributed by atoms with Crippen LogP contribution in [-0.2, 0) is 20.7 Å². The van der Waals surface area contributed by atoms with Gasteiger partial charge < -0.3 is 40.3 Å². The number of amides is 1. The van der Waals surface area contributed by atoms with Crippen LogP contribution in [0.4, 0.5) is 0 Å². The van der Waals surface area contributed by atoms with Crippen LogP contribution in [0.2, 0.25) is 0 Å². The molecule has 0 spiro atoms. The maximum atomic E-state index is 12.7. The van der Waals surface area contributed by atoms with Crippen molar-refractivity contribution in [1.82, 2.24) is 5.32 Å². The molecule has 3 unspecified atom stereocenters. The molecule has 36 heavy (non-hydrogen) atoms. The van der Waals surface area contributed by atoms with Gasteiger partial charge in [-0.3, -0.25) is 4.79 Å². The first-order valence-corrected chi connectivity index (χ1v) is 13.2. The molecule has 1 fully saturated rings. The van der Waals surface area contributed by atoms with Crippen molar-refractivity contribution in [2.45, 2.75) is 108 Å². The monoisotopic (exact) mass is 511 g/mol. The predicted octanol–water partition coefficient (Wildman–Crippen LogP) is 1.28. The molecule has 0 aliphatic carbocycles. The van der Waals surface area contributed by atoms with E-state index in [1.807, 2.05) is 25.1 Å². The number of unbranched alkanes of at least 4 members (excludes halogenated alkanes) is 3. The fourth-order valence-corrected chi connectivity index (χ4v) is 4.44.